The van der Waals surface area contributed by atoms with Gasteiger partial charge < -0.3 is 15.5 Å². The smallest absolute Gasteiger partial charge is 0.254 e. The highest BCUT2D eigenvalue weighted by Gasteiger charge is 2.30. The maximum Gasteiger partial charge on any atom is 0.254 e. The first-order valence-corrected chi connectivity index (χ1v) is 11.3. The molecule has 1 aliphatic heterocycles. The number of carbonyl (C=O) groups is 2. The molecule has 0 unspecified atom stereocenters. The molecule has 7 nitrogen and oxygen atoms in total. The topological polar surface area (TPSA) is 101 Å². The van der Waals surface area contributed by atoms with Crippen LogP contribution in [-0.4, -0.2) is 68.5 Å². The number of nitrogens with two attached hydrogens (primary N) is 1. The first-order valence-electron chi connectivity index (χ1n) is 9.38. The van der Waals surface area contributed by atoms with Crippen LogP contribution >= 0.6 is 12.4 Å². The van der Waals surface area contributed by atoms with Gasteiger partial charge in [-0.2, -0.15) is 0 Å². The van der Waals surface area contributed by atoms with Crippen LogP contribution in [0, 0.1) is 5.92 Å². The molecule has 156 valence electrons. The zero-order valence-corrected chi connectivity index (χ0v) is 17.7. The monoisotopic (exact) mass is 429 g/mol. The molecule has 2 N–H and O–H groups in total. The van der Waals surface area contributed by atoms with Gasteiger partial charge >= 0.3 is 0 Å². The van der Waals surface area contributed by atoms with Crippen LogP contribution in [0.4, 0.5) is 0 Å². The summed E-state index contributed by atoms with van der Waals surface area (Å²) in [6.45, 7) is 1.89. The molecule has 0 radical (unpaired) electrons. The summed E-state index contributed by atoms with van der Waals surface area (Å²) in [6.07, 6.45) is 4.71. The summed E-state index contributed by atoms with van der Waals surface area (Å²) in [7, 11) is -3.36. The van der Waals surface area contributed by atoms with Crippen LogP contribution in [0.15, 0.2) is 29.2 Å². The standard InChI is InChI=1S/C19H27N3O4S.ClH/c1-27(25,26)16-6-2-5-15(12-16)19(24)22-10-8-21(9-11-22)18(23)13-14-4-3-7-17(14)20;/h2,5-6,12,14,17H,3-4,7-11,13,20H2,1H3;1H/t14-,17+;/m0./s1. The Balaban J connectivity index is 0.00000280. The van der Waals surface area contributed by atoms with Crippen molar-refractivity contribution in [1.82, 2.24) is 9.80 Å². The van der Waals surface area contributed by atoms with E-state index in [9.17, 15) is 18.0 Å². The van der Waals surface area contributed by atoms with Crippen molar-refractivity contribution < 1.29 is 18.0 Å². The molecule has 3 rings (SSSR count). The van der Waals surface area contributed by atoms with Gasteiger partial charge in [-0.05, 0) is 37.0 Å². The van der Waals surface area contributed by atoms with Gasteiger partial charge in [0, 0.05) is 50.5 Å². The first-order chi connectivity index (χ1) is 12.8. The Morgan fingerprint density at radius 1 is 1.11 bits per heavy atom. The lowest BCUT2D eigenvalue weighted by Crippen LogP contribution is -2.51. The zero-order chi connectivity index (χ0) is 19.6. The Morgan fingerprint density at radius 3 is 2.32 bits per heavy atom. The van der Waals surface area contributed by atoms with Crippen molar-refractivity contribution in [3.63, 3.8) is 0 Å². The number of carbonyl (C=O) groups excluding carboxylic acids is 2. The SMILES string of the molecule is CS(=O)(=O)c1cccc(C(=O)N2CCN(C(=O)C[C@@H]3CCC[C@H]3N)CC2)c1.Cl. The number of rotatable bonds is 4. The quantitative estimate of drug-likeness (QED) is 0.777. The van der Waals surface area contributed by atoms with E-state index in [1.54, 1.807) is 17.0 Å². The fraction of sp³-hybridized carbons (Fsp3) is 0.579. The van der Waals surface area contributed by atoms with E-state index in [1.807, 2.05) is 4.90 Å². The summed E-state index contributed by atoms with van der Waals surface area (Å²) in [4.78, 5) is 28.8. The number of sulfone groups is 1. The minimum atomic E-state index is -3.36. The lowest BCUT2D eigenvalue weighted by atomic mass is 9.99. The van der Waals surface area contributed by atoms with Crippen LogP contribution in [0.25, 0.3) is 0 Å². The largest absolute Gasteiger partial charge is 0.339 e. The molecular weight excluding hydrogens is 402 g/mol. The number of benzene rings is 1. The lowest BCUT2D eigenvalue weighted by molar-refractivity contribution is -0.133. The Hall–Kier alpha value is -1.64. The first kappa shape index (κ1) is 22.6. The number of amides is 2. The number of hydrogen-bond donors (Lipinski definition) is 1. The summed E-state index contributed by atoms with van der Waals surface area (Å²) in [5, 5.41) is 0. The number of hydrogen-bond acceptors (Lipinski definition) is 5. The summed E-state index contributed by atoms with van der Waals surface area (Å²) in [6, 6.07) is 6.22. The normalized spacial score (nSPS) is 22.6. The number of nitrogens with zero attached hydrogens (tertiary/aromatic N) is 2. The Labute approximate surface area is 172 Å². The van der Waals surface area contributed by atoms with Crippen LogP contribution in [-0.2, 0) is 14.6 Å². The highest BCUT2D eigenvalue weighted by Crippen LogP contribution is 2.27. The van der Waals surface area contributed by atoms with Crippen LogP contribution in [0.3, 0.4) is 0 Å². The molecule has 2 amide bonds. The maximum absolute atomic E-state index is 12.7. The molecule has 1 aliphatic carbocycles. The second-order valence-corrected chi connectivity index (χ2v) is 9.55. The van der Waals surface area contributed by atoms with Crippen molar-refractivity contribution in [1.29, 1.82) is 0 Å². The Kier molecular flexibility index (Phi) is 7.47. The molecule has 0 bridgehead atoms. The van der Waals surface area contributed by atoms with E-state index in [-0.39, 0.29) is 41.1 Å². The van der Waals surface area contributed by atoms with E-state index in [1.165, 1.54) is 12.1 Å². The minimum Gasteiger partial charge on any atom is -0.339 e. The van der Waals surface area contributed by atoms with Crippen LogP contribution < -0.4 is 5.73 Å². The second-order valence-electron chi connectivity index (χ2n) is 7.53. The van der Waals surface area contributed by atoms with Gasteiger partial charge in [-0.3, -0.25) is 9.59 Å². The van der Waals surface area contributed by atoms with Crippen molar-refractivity contribution in [2.75, 3.05) is 32.4 Å². The van der Waals surface area contributed by atoms with E-state index >= 15 is 0 Å². The lowest BCUT2D eigenvalue weighted by Gasteiger charge is -2.35. The summed E-state index contributed by atoms with van der Waals surface area (Å²) >= 11 is 0. The molecule has 9 heteroatoms. The third-order valence-corrected chi connectivity index (χ3v) is 6.69. The average molecular weight is 430 g/mol. The van der Waals surface area contributed by atoms with E-state index in [2.05, 4.69) is 0 Å². The van der Waals surface area contributed by atoms with Gasteiger partial charge in [-0.15, -0.1) is 12.4 Å². The van der Waals surface area contributed by atoms with Crippen molar-refractivity contribution in [3.05, 3.63) is 29.8 Å². The van der Waals surface area contributed by atoms with Gasteiger partial charge in [-0.25, -0.2) is 8.42 Å². The third-order valence-electron chi connectivity index (χ3n) is 5.58. The highest BCUT2D eigenvalue weighted by atomic mass is 35.5. The van der Waals surface area contributed by atoms with Gasteiger partial charge in [0.2, 0.25) is 5.91 Å². The molecule has 1 aromatic rings. The molecular formula is C19H28ClN3O4S. The minimum absolute atomic E-state index is 0. The Morgan fingerprint density at radius 2 is 1.75 bits per heavy atom. The van der Waals surface area contributed by atoms with E-state index < -0.39 is 9.84 Å². The predicted octanol–water partition coefficient (Wildman–Crippen LogP) is 1.31. The van der Waals surface area contributed by atoms with Crippen molar-refractivity contribution >= 4 is 34.1 Å². The molecule has 28 heavy (non-hydrogen) atoms. The maximum atomic E-state index is 12.7. The van der Waals surface area contributed by atoms with Gasteiger partial charge in [0.15, 0.2) is 9.84 Å². The molecule has 0 aromatic heterocycles. The van der Waals surface area contributed by atoms with Crippen LogP contribution in [0.2, 0.25) is 0 Å². The highest BCUT2D eigenvalue weighted by molar-refractivity contribution is 7.90. The van der Waals surface area contributed by atoms with Gasteiger partial charge in [-0.1, -0.05) is 12.5 Å². The molecule has 2 aliphatic rings. The summed E-state index contributed by atoms with van der Waals surface area (Å²) in [5.41, 5.74) is 6.42. The van der Waals surface area contributed by atoms with Gasteiger partial charge in [0.1, 0.15) is 0 Å². The predicted molar refractivity (Wildman–Crippen MR) is 109 cm³/mol. The second kappa shape index (κ2) is 9.24. The van der Waals surface area contributed by atoms with Gasteiger partial charge in [0.25, 0.3) is 5.91 Å². The summed E-state index contributed by atoms with van der Waals surface area (Å²) < 4.78 is 23.4. The molecule has 1 aromatic carbocycles. The third kappa shape index (κ3) is 5.24. The summed E-state index contributed by atoms with van der Waals surface area (Å²) in [5.74, 6) is 0.185. The fourth-order valence-electron chi connectivity index (χ4n) is 3.87. The van der Waals surface area contributed by atoms with Gasteiger partial charge in [0.05, 0.1) is 4.90 Å². The molecule has 1 saturated heterocycles. The molecule has 1 heterocycles. The zero-order valence-electron chi connectivity index (χ0n) is 16.0. The van der Waals surface area contributed by atoms with Crippen molar-refractivity contribution in [2.45, 2.75) is 36.6 Å². The van der Waals surface area contributed by atoms with Crippen molar-refractivity contribution in [2.24, 2.45) is 11.7 Å². The van der Waals surface area contributed by atoms with Crippen LogP contribution in [0.5, 0.6) is 0 Å². The number of halogens is 1. The fourth-order valence-corrected chi connectivity index (χ4v) is 4.54. The molecule has 0 spiro atoms. The van der Waals surface area contributed by atoms with E-state index in [0.29, 0.717) is 38.2 Å². The molecule has 1 saturated carbocycles. The van der Waals surface area contributed by atoms with E-state index in [0.717, 1.165) is 25.5 Å². The molecule has 2 atom stereocenters. The molecule has 2 fully saturated rings. The van der Waals surface area contributed by atoms with Crippen LogP contribution in [0.1, 0.15) is 36.0 Å². The van der Waals surface area contributed by atoms with Crippen molar-refractivity contribution in [3.8, 4) is 0 Å². The van der Waals surface area contributed by atoms with E-state index in [4.69, 9.17) is 5.73 Å². The average Bonchev–Trinajstić information content (AvgIpc) is 3.05. The Bertz CT molecular complexity index is 822. The number of piperazine rings is 1.